The molecule has 1 aromatic carbocycles. The maximum Gasteiger partial charge on any atom is 0.229 e. The van der Waals surface area contributed by atoms with Crippen LogP contribution in [0.1, 0.15) is 30.0 Å². The van der Waals surface area contributed by atoms with Gasteiger partial charge in [0.15, 0.2) is 5.82 Å². The third kappa shape index (κ3) is 4.48. The molecular formula is C19H20BrN7O. The van der Waals surface area contributed by atoms with Gasteiger partial charge >= 0.3 is 0 Å². The number of rotatable bonds is 7. The molecule has 144 valence electrons. The van der Waals surface area contributed by atoms with Gasteiger partial charge in [-0.1, -0.05) is 12.1 Å². The van der Waals surface area contributed by atoms with Gasteiger partial charge in [0, 0.05) is 30.9 Å². The van der Waals surface area contributed by atoms with Crippen molar-refractivity contribution in [1.29, 1.82) is 0 Å². The van der Waals surface area contributed by atoms with E-state index in [4.69, 9.17) is 0 Å². The molecule has 0 bridgehead atoms. The highest BCUT2D eigenvalue weighted by atomic mass is 79.9. The summed E-state index contributed by atoms with van der Waals surface area (Å²) >= 11 is 3.47. The van der Waals surface area contributed by atoms with Crippen molar-refractivity contribution in [2.45, 2.75) is 25.2 Å². The first kappa shape index (κ1) is 18.4. The molecule has 0 spiro atoms. The molecule has 1 aliphatic carbocycles. The smallest absolute Gasteiger partial charge is 0.229 e. The van der Waals surface area contributed by atoms with Crippen LogP contribution in [0.5, 0.6) is 0 Å². The molecule has 4 N–H and O–H groups in total. The van der Waals surface area contributed by atoms with E-state index in [9.17, 15) is 4.79 Å². The monoisotopic (exact) mass is 441 g/mol. The van der Waals surface area contributed by atoms with Crippen molar-refractivity contribution in [3.63, 3.8) is 0 Å². The molecule has 1 amide bonds. The Morgan fingerprint density at radius 1 is 1.25 bits per heavy atom. The lowest BCUT2D eigenvalue weighted by atomic mass is 10.1. The van der Waals surface area contributed by atoms with E-state index in [0.29, 0.717) is 24.1 Å². The van der Waals surface area contributed by atoms with Crippen LogP contribution in [0.4, 0.5) is 23.3 Å². The lowest BCUT2D eigenvalue weighted by Gasteiger charge is -2.09. The number of likely N-dealkylation sites (N-methyl/N-ethyl adjacent to an activating group) is 1. The highest BCUT2D eigenvalue weighted by Gasteiger charge is 2.26. The molecule has 9 heteroatoms. The molecule has 2 aromatic heterocycles. The maximum absolute atomic E-state index is 11.5. The zero-order chi connectivity index (χ0) is 19.5. The molecule has 0 unspecified atom stereocenters. The molecule has 8 nitrogen and oxygen atoms in total. The zero-order valence-electron chi connectivity index (χ0n) is 15.3. The molecular weight excluding hydrogens is 422 g/mol. The van der Waals surface area contributed by atoms with Crippen LogP contribution in [0.2, 0.25) is 0 Å². The fourth-order valence-corrected chi connectivity index (χ4v) is 3.03. The van der Waals surface area contributed by atoms with Crippen LogP contribution in [0.3, 0.4) is 0 Å². The van der Waals surface area contributed by atoms with Crippen LogP contribution >= 0.6 is 15.9 Å². The minimum atomic E-state index is -0.0173. The van der Waals surface area contributed by atoms with Crippen molar-refractivity contribution >= 4 is 45.1 Å². The molecule has 4 rings (SSSR count). The number of nitrogens with one attached hydrogen (secondary N) is 4. The van der Waals surface area contributed by atoms with E-state index in [0.717, 1.165) is 27.2 Å². The van der Waals surface area contributed by atoms with Gasteiger partial charge in [0.25, 0.3) is 0 Å². The number of aromatic nitrogens is 4. The predicted octanol–water partition coefficient (Wildman–Crippen LogP) is 3.62. The third-order valence-electron chi connectivity index (χ3n) is 4.44. The standard InChI is InChI=1S/C19H20BrN7O/c1-21-17(28)8-11-2-6-13(7-3-11)23-19-22-10-14(20)18(25-19)24-16-9-15(26-27-16)12-4-5-12/h2-3,6-7,9-10,12H,4-5,8H2,1H3,(H,21,28)(H3,22,23,24,25,26,27). The molecule has 1 fully saturated rings. The number of amides is 1. The quantitative estimate of drug-likeness (QED) is 0.445. The second kappa shape index (κ2) is 7.97. The van der Waals surface area contributed by atoms with E-state index in [1.54, 1.807) is 13.2 Å². The SMILES string of the molecule is CNC(=O)Cc1ccc(Nc2ncc(Br)c(Nc3cc(C4CC4)n[nH]3)n2)cc1. The average Bonchev–Trinajstić information content (AvgIpc) is 3.45. The molecule has 0 atom stereocenters. The number of hydrogen-bond donors (Lipinski definition) is 4. The Morgan fingerprint density at radius 3 is 2.75 bits per heavy atom. The number of carbonyl (C=O) groups is 1. The first-order valence-electron chi connectivity index (χ1n) is 9.02. The summed E-state index contributed by atoms with van der Waals surface area (Å²) in [7, 11) is 1.63. The van der Waals surface area contributed by atoms with Crippen molar-refractivity contribution in [2.75, 3.05) is 17.7 Å². The van der Waals surface area contributed by atoms with E-state index in [-0.39, 0.29) is 5.91 Å². The lowest BCUT2D eigenvalue weighted by molar-refractivity contribution is -0.119. The minimum absolute atomic E-state index is 0.0173. The van der Waals surface area contributed by atoms with Gasteiger partial charge in [-0.2, -0.15) is 10.1 Å². The summed E-state index contributed by atoms with van der Waals surface area (Å²) < 4.78 is 0.751. The Hall–Kier alpha value is -2.94. The van der Waals surface area contributed by atoms with Crippen LogP contribution < -0.4 is 16.0 Å². The van der Waals surface area contributed by atoms with E-state index in [1.807, 2.05) is 30.3 Å². The van der Waals surface area contributed by atoms with Crippen molar-refractivity contribution in [1.82, 2.24) is 25.5 Å². The average molecular weight is 442 g/mol. The van der Waals surface area contributed by atoms with E-state index in [2.05, 4.69) is 52.0 Å². The van der Waals surface area contributed by atoms with Gasteiger partial charge in [-0.25, -0.2) is 4.98 Å². The Labute approximate surface area is 170 Å². The number of nitrogens with zero attached hydrogens (tertiary/aromatic N) is 3. The first-order valence-corrected chi connectivity index (χ1v) is 9.81. The van der Waals surface area contributed by atoms with Gasteiger partial charge in [0.05, 0.1) is 16.6 Å². The minimum Gasteiger partial charge on any atom is -0.359 e. The summed E-state index contributed by atoms with van der Waals surface area (Å²) in [5, 5.41) is 16.4. The van der Waals surface area contributed by atoms with Crippen LogP contribution in [-0.2, 0) is 11.2 Å². The molecule has 3 aromatic rings. The van der Waals surface area contributed by atoms with Crippen LogP contribution in [-0.4, -0.2) is 33.1 Å². The number of benzene rings is 1. The van der Waals surface area contributed by atoms with Crippen molar-refractivity contribution in [2.24, 2.45) is 0 Å². The number of hydrogen-bond acceptors (Lipinski definition) is 6. The van der Waals surface area contributed by atoms with Gasteiger partial charge in [0.1, 0.15) is 5.82 Å². The second-order valence-corrected chi connectivity index (χ2v) is 7.52. The van der Waals surface area contributed by atoms with Crippen LogP contribution in [0, 0.1) is 0 Å². The van der Waals surface area contributed by atoms with Crippen molar-refractivity contribution in [3.05, 3.63) is 52.3 Å². The summed E-state index contributed by atoms with van der Waals surface area (Å²) in [6.45, 7) is 0. The third-order valence-corrected chi connectivity index (χ3v) is 5.02. The Kier molecular flexibility index (Phi) is 5.25. The topological polar surface area (TPSA) is 108 Å². The highest BCUT2D eigenvalue weighted by Crippen LogP contribution is 2.39. The van der Waals surface area contributed by atoms with Crippen molar-refractivity contribution < 1.29 is 4.79 Å². The van der Waals surface area contributed by atoms with Crippen molar-refractivity contribution in [3.8, 4) is 0 Å². The highest BCUT2D eigenvalue weighted by molar-refractivity contribution is 9.10. The fourth-order valence-electron chi connectivity index (χ4n) is 2.74. The summed E-state index contributed by atoms with van der Waals surface area (Å²) in [6.07, 6.45) is 4.46. The van der Waals surface area contributed by atoms with Gasteiger partial charge in [-0.15, -0.1) is 0 Å². The lowest BCUT2D eigenvalue weighted by Crippen LogP contribution is -2.19. The zero-order valence-corrected chi connectivity index (χ0v) is 16.9. The number of halogens is 1. The summed E-state index contributed by atoms with van der Waals surface area (Å²) in [4.78, 5) is 20.3. The summed E-state index contributed by atoms with van der Waals surface area (Å²) in [5.41, 5.74) is 2.86. The number of H-pyrrole nitrogens is 1. The molecule has 1 aliphatic rings. The Morgan fingerprint density at radius 2 is 2.04 bits per heavy atom. The van der Waals surface area contributed by atoms with E-state index < -0.39 is 0 Å². The molecule has 0 aliphatic heterocycles. The molecule has 1 saturated carbocycles. The van der Waals surface area contributed by atoms with Gasteiger partial charge in [0.2, 0.25) is 11.9 Å². The fraction of sp³-hybridized carbons (Fsp3) is 0.263. The van der Waals surface area contributed by atoms with Gasteiger partial charge < -0.3 is 16.0 Å². The van der Waals surface area contributed by atoms with Crippen LogP contribution in [0.25, 0.3) is 0 Å². The molecule has 28 heavy (non-hydrogen) atoms. The van der Waals surface area contributed by atoms with Crippen LogP contribution in [0.15, 0.2) is 41.0 Å². The molecule has 0 saturated heterocycles. The van der Waals surface area contributed by atoms with Gasteiger partial charge in [-0.05, 0) is 46.5 Å². The summed E-state index contributed by atoms with van der Waals surface area (Å²) in [6, 6.07) is 9.62. The Balaban J connectivity index is 1.44. The van der Waals surface area contributed by atoms with Gasteiger partial charge in [-0.3, -0.25) is 9.89 Å². The largest absolute Gasteiger partial charge is 0.359 e. The van der Waals surface area contributed by atoms with E-state index >= 15 is 0 Å². The number of anilines is 4. The first-order chi connectivity index (χ1) is 13.6. The normalized spacial score (nSPS) is 13.2. The van der Waals surface area contributed by atoms with E-state index in [1.165, 1.54) is 12.8 Å². The second-order valence-electron chi connectivity index (χ2n) is 6.67. The Bertz CT molecular complexity index is 982. The molecule has 0 radical (unpaired) electrons. The molecule has 2 heterocycles. The summed E-state index contributed by atoms with van der Waals surface area (Å²) in [5.74, 6) is 2.47. The number of aromatic amines is 1. The maximum atomic E-state index is 11.5. The number of carbonyl (C=O) groups excluding carboxylic acids is 1. The predicted molar refractivity (Wildman–Crippen MR) is 111 cm³/mol.